The van der Waals surface area contributed by atoms with Crippen molar-refractivity contribution in [1.82, 2.24) is 41.3 Å². The molecule has 0 radical (unpaired) electrons. The SMILES string of the molecule is C=NC(=O)[C@H](CCC(=O)N[C@H](C(=O)NCC(=O)Nc1ccc(COC(=O)N(C)[C@H](C(=O)NCC(=O)N(C)C([C@@H](C)CC)[C@@H](CC(=O)N2CCC[C@H]2[C@H](OC)[C@@H](C)C(=O)N[C@H](C)[C@@H](O)c2ccccc2)OC)C(C)C)cc1)C(C)C)NC(=O)c1ccc(C(=O)C(CS(=O)(=O)CCOC)CS(=O)(=O)CCOC)cc1. The van der Waals surface area contributed by atoms with Gasteiger partial charge in [0.25, 0.3) is 11.8 Å². The second-order valence-corrected chi connectivity index (χ2v) is 32.0. The molecule has 594 valence electrons. The molecule has 31 nitrogen and oxygen atoms in total. The number of ketones is 1. The number of aliphatic hydroxyl groups is 1. The van der Waals surface area contributed by atoms with E-state index in [0.29, 0.717) is 42.6 Å². The number of aliphatic hydroxyl groups excluding tert-OH is 1. The van der Waals surface area contributed by atoms with Gasteiger partial charge in [0.2, 0.25) is 41.4 Å². The molecule has 1 fully saturated rings. The third-order valence-electron chi connectivity index (χ3n) is 18.9. The summed E-state index contributed by atoms with van der Waals surface area (Å²) in [5.74, 6) is -12.1. The van der Waals surface area contributed by atoms with Gasteiger partial charge < -0.3 is 70.5 Å². The van der Waals surface area contributed by atoms with Gasteiger partial charge in [-0.15, -0.1) is 0 Å². The highest BCUT2D eigenvalue weighted by molar-refractivity contribution is 7.92. The number of carbonyl (C=O) groups is 11. The van der Waals surface area contributed by atoms with Crippen molar-refractivity contribution in [3.05, 3.63) is 101 Å². The van der Waals surface area contributed by atoms with E-state index in [-0.39, 0.29) is 61.5 Å². The van der Waals surface area contributed by atoms with Crippen LogP contribution in [-0.2, 0) is 88.3 Å². The lowest BCUT2D eigenvalue weighted by molar-refractivity contribution is -0.146. The van der Waals surface area contributed by atoms with E-state index in [1.165, 1.54) is 76.8 Å². The minimum Gasteiger partial charge on any atom is -0.445 e. The predicted molar refractivity (Wildman–Crippen MR) is 400 cm³/mol. The smallest absolute Gasteiger partial charge is 0.410 e. The molecule has 11 atom stereocenters. The number of aliphatic imine (C=N–C) groups is 1. The molecule has 3 aromatic rings. The molecule has 0 aromatic heterocycles. The van der Waals surface area contributed by atoms with Crippen LogP contribution in [0.3, 0.4) is 0 Å². The van der Waals surface area contributed by atoms with E-state index in [4.69, 9.17) is 23.7 Å². The summed E-state index contributed by atoms with van der Waals surface area (Å²) in [6.07, 6.45) is -2.18. The predicted octanol–water partition coefficient (Wildman–Crippen LogP) is 3.48. The number of methoxy groups -OCH3 is 4. The molecule has 1 aliphatic rings. The Morgan fingerprint density at radius 3 is 1.82 bits per heavy atom. The summed E-state index contributed by atoms with van der Waals surface area (Å²) in [6.45, 7) is 16.2. The standard InChI is InChI=1S/C74H110N10O21S2/c1-16-47(6)65(58(103-14)39-61(87)84-34-20-23-57(84)68(104-15)48(7)69(91)78-49(8)66(89)51-21-18-17-19-22-51)82(10)62(88)41-77-73(95)64(46(4)5)83(11)74(96)105-42-50-24-30-55(31-25-50)79-60(86)40-76-72(94)63(45(2)3)81-59(85)33-32-56(71(93)75-9)80-70(92)53-28-26-52(27-29-53)67(90)54(43-106(97,98)37-35-101-12)44-107(99,100)38-36-102-13/h17-19,21-22,24-31,45-49,54,56-58,63-66,68,89H,9,16,20,23,32-44H2,1-8,10-15H3,(H,76,94)(H,77,95)(H,78,91)(H,79,86)(H,80,92)(H,81,85)/t47-,48+,49+,56-,57-,58+,63-,64-,65?,66+,68+/m0/s1. The molecular weight excluding hydrogens is 1430 g/mol. The van der Waals surface area contributed by atoms with Crippen molar-refractivity contribution in [3.8, 4) is 0 Å². The average molecular weight is 1540 g/mol. The highest BCUT2D eigenvalue weighted by Gasteiger charge is 2.43. The zero-order valence-electron chi connectivity index (χ0n) is 63.8. The Labute approximate surface area is 628 Å². The molecule has 1 aliphatic heterocycles. The van der Waals surface area contributed by atoms with Gasteiger partial charge in [0, 0.05) is 72.3 Å². The molecular formula is C74H110N10O21S2. The fourth-order valence-corrected chi connectivity index (χ4v) is 15.7. The average Bonchev–Trinajstić information content (AvgIpc) is 1.15. The van der Waals surface area contributed by atoms with Crippen LogP contribution in [0.15, 0.2) is 83.9 Å². The number of ether oxygens (including phenoxy) is 5. The number of Topliss-reactive ketones (excluding diaryl/α,β-unsaturated/α-hetero) is 1. The Hall–Kier alpha value is -8.60. The quantitative estimate of drug-likeness (QED) is 0.0314. The minimum atomic E-state index is -3.95. The van der Waals surface area contributed by atoms with Crippen molar-refractivity contribution in [3.63, 3.8) is 0 Å². The zero-order valence-corrected chi connectivity index (χ0v) is 65.5. The first kappa shape index (κ1) is 90.8. The van der Waals surface area contributed by atoms with Crippen molar-refractivity contribution in [1.29, 1.82) is 0 Å². The van der Waals surface area contributed by atoms with Gasteiger partial charge >= 0.3 is 6.09 Å². The normalized spacial score (nSPS) is 15.9. The number of nitrogens with zero attached hydrogens (tertiary/aromatic N) is 4. The van der Waals surface area contributed by atoms with Gasteiger partial charge in [-0.3, -0.25) is 52.8 Å². The molecule has 1 unspecified atom stereocenters. The molecule has 3 aromatic carbocycles. The number of hydrogen-bond donors (Lipinski definition) is 7. The maximum Gasteiger partial charge on any atom is 0.410 e. The Morgan fingerprint density at radius 1 is 0.692 bits per heavy atom. The lowest BCUT2D eigenvalue weighted by Gasteiger charge is -2.39. The molecule has 107 heavy (non-hydrogen) atoms. The number of amides is 10. The fourth-order valence-electron chi connectivity index (χ4n) is 12.6. The van der Waals surface area contributed by atoms with Gasteiger partial charge in [-0.05, 0) is 86.0 Å². The summed E-state index contributed by atoms with van der Waals surface area (Å²) >= 11 is 0. The summed E-state index contributed by atoms with van der Waals surface area (Å²) in [5.41, 5.74) is 1.32. The second kappa shape index (κ2) is 44.0. The first-order valence-electron chi connectivity index (χ1n) is 35.6. The lowest BCUT2D eigenvalue weighted by Crippen LogP contribution is -2.56. The maximum atomic E-state index is 14.3. The van der Waals surface area contributed by atoms with Crippen molar-refractivity contribution >= 4 is 97.1 Å². The van der Waals surface area contributed by atoms with Crippen LogP contribution >= 0.6 is 0 Å². The third kappa shape index (κ3) is 28.2. The number of anilines is 1. The van der Waals surface area contributed by atoms with Crippen LogP contribution in [0.2, 0.25) is 0 Å². The van der Waals surface area contributed by atoms with Crippen molar-refractivity contribution in [2.45, 2.75) is 155 Å². The molecule has 0 bridgehead atoms. The first-order chi connectivity index (χ1) is 50.5. The highest BCUT2D eigenvalue weighted by atomic mass is 32.2. The third-order valence-corrected chi connectivity index (χ3v) is 22.3. The van der Waals surface area contributed by atoms with Gasteiger partial charge in [-0.2, -0.15) is 0 Å². The summed E-state index contributed by atoms with van der Waals surface area (Å²) < 4.78 is 78.5. The van der Waals surface area contributed by atoms with Crippen molar-refractivity contribution < 1.29 is 98.4 Å². The van der Waals surface area contributed by atoms with Crippen molar-refractivity contribution in [2.24, 2.45) is 34.6 Å². The fraction of sp³-hybridized carbons (Fsp3) is 0.595. The zero-order chi connectivity index (χ0) is 80.0. The van der Waals surface area contributed by atoms with Crippen LogP contribution < -0.4 is 31.9 Å². The highest BCUT2D eigenvalue weighted by Crippen LogP contribution is 2.30. The molecule has 4 rings (SSSR count). The molecule has 7 N–H and O–H groups in total. The topological polar surface area (TPSA) is 417 Å². The molecule has 1 heterocycles. The van der Waals surface area contributed by atoms with E-state index >= 15 is 0 Å². The van der Waals surface area contributed by atoms with Crippen LogP contribution in [-0.4, -0.2) is 255 Å². The number of carbonyl (C=O) groups excluding carboxylic acids is 11. The number of sulfone groups is 2. The second-order valence-electron chi connectivity index (χ2n) is 27.5. The number of benzene rings is 3. The number of likely N-dealkylation sites (tertiary alicyclic amines) is 1. The number of likely N-dealkylation sites (N-methyl/N-ethyl adjacent to an activating group) is 2. The molecule has 0 spiro atoms. The van der Waals surface area contributed by atoms with Gasteiger partial charge in [0.15, 0.2) is 25.5 Å². The Balaban J connectivity index is 1.27. The molecule has 10 amide bonds. The van der Waals surface area contributed by atoms with Gasteiger partial charge in [-0.25, -0.2) is 26.6 Å². The van der Waals surface area contributed by atoms with Gasteiger partial charge in [-0.1, -0.05) is 109 Å². The van der Waals surface area contributed by atoms with Crippen LogP contribution in [0.25, 0.3) is 0 Å². The van der Waals surface area contributed by atoms with Gasteiger partial charge in [0.1, 0.15) is 24.7 Å². The van der Waals surface area contributed by atoms with Gasteiger partial charge in [0.05, 0.1) is 104 Å². The first-order valence-corrected chi connectivity index (χ1v) is 39.2. The number of rotatable bonds is 45. The van der Waals surface area contributed by atoms with Crippen LogP contribution in [0.4, 0.5) is 10.5 Å². The van der Waals surface area contributed by atoms with Crippen LogP contribution in [0.1, 0.15) is 132 Å². The summed E-state index contributed by atoms with van der Waals surface area (Å²) in [4.78, 5) is 157. The summed E-state index contributed by atoms with van der Waals surface area (Å²) in [7, 11) is 0.631. The Kier molecular flexibility index (Phi) is 37.3. The molecule has 1 saturated heterocycles. The van der Waals surface area contributed by atoms with E-state index in [2.05, 4.69) is 43.6 Å². The van der Waals surface area contributed by atoms with E-state index < -0.39 is 194 Å². The van der Waals surface area contributed by atoms with Crippen molar-refractivity contribution in [2.75, 3.05) is 104 Å². The number of nitrogens with one attached hydrogen (secondary N) is 6. The minimum absolute atomic E-state index is 0.0680. The van der Waals surface area contributed by atoms with E-state index in [1.807, 2.05) is 19.9 Å². The summed E-state index contributed by atoms with van der Waals surface area (Å²) in [6, 6.07) is 14.8. The monoisotopic (exact) mass is 1540 g/mol. The largest absolute Gasteiger partial charge is 0.445 e. The Morgan fingerprint density at radius 2 is 1.28 bits per heavy atom. The van der Waals surface area contributed by atoms with Crippen LogP contribution in [0, 0.1) is 29.6 Å². The summed E-state index contributed by atoms with van der Waals surface area (Å²) in [5, 5.41) is 26.7. The molecule has 33 heteroatoms. The Bertz CT molecular complexity index is 3680. The molecule has 0 saturated carbocycles. The van der Waals surface area contributed by atoms with Crippen LogP contribution in [0.5, 0.6) is 0 Å². The maximum absolute atomic E-state index is 14.3. The molecule has 0 aliphatic carbocycles. The lowest BCUT2D eigenvalue weighted by atomic mass is 9.90. The van der Waals surface area contributed by atoms with E-state index in [1.54, 1.807) is 89.9 Å². The number of hydrogen-bond acceptors (Lipinski definition) is 21. The van der Waals surface area contributed by atoms with E-state index in [9.17, 15) is 74.7 Å². The van der Waals surface area contributed by atoms with E-state index in [0.717, 1.165) is 4.90 Å².